The summed E-state index contributed by atoms with van der Waals surface area (Å²) in [6.07, 6.45) is 0.250. The minimum Gasteiger partial charge on any atom is -0.236 e. The van der Waals surface area contributed by atoms with Crippen LogP contribution in [0.4, 0.5) is 0 Å². The first-order valence-electron chi connectivity index (χ1n) is 9.39. The van der Waals surface area contributed by atoms with E-state index in [4.69, 9.17) is 14.6 Å². The molecule has 4 heteroatoms. The number of benzene rings is 4. The molecule has 0 aliphatic heterocycles. The Labute approximate surface area is 178 Å². The lowest BCUT2D eigenvalue weighted by atomic mass is 10.0. The lowest BCUT2D eigenvalue weighted by molar-refractivity contribution is -0.191. The number of fused-ring (bicyclic) bond motifs is 1. The molecule has 0 aliphatic rings. The molecule has 1 heterocycles. The average molecular weight is 407 g/mol. The Hall–Kier alpha value is -3.85. The van der Waals surface area contributed by atoms with Gasteiger partial charge in [0.25, 0.3) is 0 Å². The summed E-state index contributed by atoms with van der Waals surface area (Å²) >= 11 is 1.70. The quantitative estimate of drug-likeness (QED) is 0.334. The van der Waals surface area contributed by atoms with Crippen molar-refractivity contribution < 1.29 is 9.59 Å². The molecule has 0 radical (unpaired) electrons. The lowest BCUT2D eigenvalue weighted by Gasteiger charge is -2.04. The minimum absolute atomic E-state index is 0.250. The van der Waals surface area contributed by atoms with Crippen molar-refractivity contribution in [3.05, 3.63) is 102 Å². The van der Waals surface area contributed by atoms with Gasteiger partial charge >= 0.3 is 6.15 Å². The monoisotopic (exact) mass is 407 g/mol. The molecule has 0 amide bonds. The summed E-state index contributed by atoms with van der Waals surface area (Å²) in [4.78, 5) is 21.2. The molecule has 0 saturated carbocycles. The number of hydrogen-bond donors (Lipinski definition) is 0. The van der Waals surface area contributed by atoms with Gasteiger partial charge in [0.05, 0.1) is 5.69 Å². The molecule has 0 bridgehead atoms. The Kier molecular flexibility index (Phi) is 5.90. The molecule has 0 unspecified atom stereocenters. The molecule has 0 fully saturated rings. The van der Waals surface area contributed by atoms with Gasteiger partial charge < -0.3 is 0 Å². The van der Waals surface area contributed by atoms with E-state index in [-0.39, 0.29) is 6.15 Å². The standard InChI is InChI=1S/C25H17NS.CO2/c1-2-8-18(9-3-1)20-12-6-13-21(16-20)24-17-27-25(26-24)23-15-7-11-19-10-4-5-14-22(19)23;2-1-3/h1-17H;. The molecular formula is C26H17NO2S. The van der Waals surface area contributed by atoms with Gasteiger partial charge in [-0.3, -0.25) is 0 Å². The highest BCUT2D eigenvalue weighted by molar-refractivity contribution is 7.13. The third kappa shape index (κ3) is 4.11. The van der Waals surface area contributed by atoms with Crippen molar-refractivity contribution in [2.45, 2.75) is 0 Å². The fourth-order valence-corrected chi connectivity index (χ4v) is 4.30. The van der Waals surface area contributed by atoms with E-state index in [1.165, 1.54) is 27.5 Å². The average Bonchev–Trinajstić information content (AvgIpc) is 3.30. The predicted octanol–water partition coefficient (Wildman–Crippen LogP) is 6.71. The van der Waals surface area contributed by atoms with E-state index in [1.807, 2.05) is 6.07 Å². The molecule has 0 atom stereocenters. The van der Waals surface area contributed by atoms with Gasteiger partial charge in [-0.2, -0.15) is 9.59 Å². The number of aromatic nitrogens is 1. The molecule has 30 heavy (non-hydrogen) atoms. The Bertz CT molecular complexity index is 1310. The largest absolute Gasteiger partial charge is 0.373 e. The van der Waals surface area contributed by atoms with Crippen molar-refractivity contribution in [3.63, 3.8) is 0 Å². The predicted molar refractivity (Wildman–Crippen MR) is 121 cm³/mol. The van der Waals surface area contributed by atoms with E-state index in [0.717, 1.165) is 16.3 Å². The van der Waals surface area contributed by atoms with Crippen LogP contribution >= 0.6 is 11.3 Å². The topological polar surface area (TPSA) is 47.0 Å². The Morgan fingerprint density at radius 3 is 2.13 bits per heavy atom. The van der Waals surface area contributed by atoms with Crippen LogP contribution in [0.3, 0.4) is 0 Å². The van der Waals surface area contributed by atoms with E-state index in [2.05, 4.69) is 96.4 Å². The van der Waals surface area contributed by atoms with Crippen LogP contribution in [0.5, 0.6) is 0 Å². The van der Waals surface area contributed by atoms with Gasteiger partial charge in [-0.05, 0) is 28.0 Å². The van der Waals surface area contributed by atoms with Gasteiger partial charge in [0, 0.05) is 16.5 Å². The van der Waals surface area contributed by atoms with Gasteiger partial charge in [0.2, 0.25) is 0 Å². The number of hydrogen-bond acceptors (Lipinski definition) is 4. The van der Waals surface area contributed by atoms with Crippen molar-refractivity contribution in [2.24, 2.45) is 0 Å². The highest BCUT2D eigenvalue weighted by Crippen LogP contribution is 2.34. The third-order valence-electron chi connectivity index (χ3n) is 4.79. The molecule has 4 aromatic carbocycles. The summed E-state index contributed by atoms with van der Waals surface area (Å²) < 4.78 is 0. The van der Waals surface area contributed by atoms with Crippen LogP contribution in [0.15, 0.2) is 102 Å². The van der Waals surface area contributed by atoms with Crippen molar-refractivity contribution in [2.75, 3.05) is 0 Å². The summed E-state index contributed by atoms with van der Waals surface area (Å²) in [7, 11) is 0. The van der Waals surface area contributed by atoms with Crippen LogP contribution in [0.25, 0.3) is 43.7 Å². The zero-order valence-electron chi connectivity index (χ0n) is 16.0. The summed E-state index contributed by atoms with van der Waals surface area (Å²) in [6.45, 7) is 0. The summed E-state index contributed by atoms with van der Waals surface area (Å²) in [5, 5.41) is 5.71. The second-order valence-electron chi connectivity index (χ2n) is 6.59. The number of rotatable bonds is 3. The van der Waals surface area contributed by atoms with Crippen LogP contribution in [-0.4, -0.2) is 11.1 Å². The Balaban J connectivity index is 0.000000687. The highest BCUT2D eigenvalue weighted by atomic mass is 32.1. The van der Waals surface area contributed by atoms with Gasteiger partial charge in [-0.25, -0.2) is 4.98 Å². The first kappa shape index (κ1) is 19.5. The van der Waals surface area contributed by atoms with Crippen LogP contribution in [-0.2, 0) is 9.59 Å². The van der Waals surface area contributed by atoms with Crippen molar-refractivity contribution in [1.29, 1.82) is 0 Å². The molecule has 0 N–H and O–H groups in total. The summed E-state index contributed by atoms with van der Waals surface area (Å²) in [6, 6.07) is 34.0. The molecule has 5 rings (SSSR count). The van der Waals surface area contributed by atoms with E-state index in [9.17, 15) is 0 Å². The normalized spacial score (nSPS) is 10.1. The summed E-state index contributed by atoms with van der Waals surface area (Å²) in [5.74, 6) is 0. The van der Waals surface area contributed by atoms with Crippen LogP contribution < -0.4 is 0 Å². The zero-order chi connectivity index (χ0) is 20.8. The van der Waals surface area contributed by atoms with Gasteiger partial charge in [-0.15, -0.1) is 11.3 Å². The zero-order valence-corrected chi connectivity index (χ0v) is 16.8. The fraction of sp³-hybridized carbons (Fsp3) is 0. The minimum atomic E-state index is 0.250. The van der Waals surface area contributed by atoms with E-state index in [1.54, 1.807) is 11.3 Å². The Morgan fingerprint density at radius 1 is 0.667 bits per heavy atom. The number of thiazole rings is 1. The van der Waals surface area contributed by atoms with E-state index < -0.39 is 0 Å². The second-order valence-corrected chi connectivity index (χ2v) is 7.45. The van der Waals surface area contributed by atoms with Crippen LogP contribution in [0.2, 0.25) is 0 Å². The van der Waals surface area contributed by atoms with Crippen molar-refractivity contribution in [1.82, 2.24) is 4.98 Å². The number of carbonyl (C=O) groups excluding carboxylic acids is 2. The van der Waals surface area contributed by atoms with Crippen molar-refractivity contribution in [3.8, 4) is 33.0 Å². The van der Waals surface area contributed by atoms with Crippen molar-refractivity contribution >= 4 is 28.3 Å². The molecule has 0 saturated heterocycles. The first-order chi connectivity index (χ1) is 14.8. The molecule has 0 aliphatic carbocycles. The van der Waals surface area contributed by atoms with Gasteiger partial charge in [0.15, 0.2) is 0 Å². The van der Waals surface area contributed by atoms with Crippen LogP contribution in [0.1, 0.15) is 0 Å². The third-order valence-corrected chi connectivity index (χ3v) is 5.67. The number of nitrogens with zero attached hydrogens (tertiary/aromatic N) is 1. The molecule has 0 spiro atoms. The van der Waals surface area contributed by atoms with Crippen LogP contribution in [0, 0.1) is 0 Å². The highest BCUT2D eigenvalue weighted by Gasteiger charge is 2.10. The molecule has 3 nitrogen and oxygen atoms in total. The fourth-order valence-electron chi connectivity index (χ4n) is 3.43. The maximum atomic E-state index is 8.12. The van der Waals surface area contributed by atoms with E-state index in [0.29, 0.717) is 0 Å². The molecule has 1 aromatic heterocycles. The lowest BCUT2D eigenvalue weighted by Crippen LogP contribution is -1.83. The van der Waals surface area contributed by atoms with Gasteiger partial charge in [0.1, 0.15) is 5.01 Å². The van der Waals surface area contributed by atoms with E-state index >= 15 is 0 Å². The smallest absolute Gasteiger partial charge is 0.236 e. The van der Waals surface area contributed by atoms with Gasteiger partial charge in [-0.1, -0.05) is 91.0 Å². The molecule has 5 aromatic rings. The molecular weight excluding hydrogens is 390 g/mol. The maximum Gasteiger partial charge on any atom is 0.373 e. The second kappa shape index (κ2) is 9.10. The first-order valence-corrected chi connectivity index (χ1v) is 10.3. The SMILES string of the molecule is O=C=O.c1ccc(-c2cccc(-c3csc(-c4cccc5ccccc45)n3)c2)cc1. The maximum absolute atomic E-state index is 8.12. The Morgan fingerprint density at radius 2 is 1.30 bits per heavy atom. The summed E-state index contributed by atoms with van der Waals surface area (Å²) in [5.41, 5.74) is 5.82. The molecule has 144 valence electrons.